The van der Waals surface area contributed by atoms with Crippen LogP contribution in [0.5, 0.6) is 0 Å². The second-order valence-electron chi connectivity index (χ2n) is 5.00. The highest BCUT2D eigenvalue weighted by molar-refractivity contribution is 6.09. The number of nitrogens with one attached hydrogen (secondary N) is 2. The molecule has 0 saturated heterocycles. The minimum Gasteiger partial charge on any atom is -0.364 e. The van der Waals surface area contributed by atoms with Crippen LogP contribution in [0.3, 0.4) is 0 Å². The number of benzene rings is 1. The highest BCUT2D eigenvalue weighted by Crippen LogP contribution is 2.16. The number of hydrogen-bond donors (Lipinski definition) is 3. The molecule has 2 amide bonds. The third-order valence-corrected chi connectivity index (χ3v) is 3.21. The summed E-state index contributed by atoms with van der Waals surface area (Å²) in [5.74, 6) is -0.784. The Morgan fingerprint density at radius 3 is 2.20 bits per heavy atom. The van der Waals surface area contributed by atoms with Gasteiger partial charge in [-0.25, -0.2) is 15.0 Å². The van der Waals surface area contributed by atoms with E-state index in [4.69, 9.17) is 5.73 Å². The number of amides is 2. The fourth-order valence-corrected chi connectivity index (χ4v) is 2.09. The van der Waals surface area contributed by atoms with Crippen LogP contribution in [-0.2, 0) is 0 Å². The maximum Gasteiger partial charge on any atom is 0.276 e. The number of hydrogen-bond acceptors (Lipinski definition) is 6. The van der Waals surface area contributed by atoms with Crippen LogP contribution >= 0.6 is 0 Å². The van der Waals surface area contributed by atoms with Crippen molar-refractivity contribution >= 4 is 29.0 Å². The number of nitrogens with two attached hydrogens (primary N) is 1. The normalized spacial score (nSPS) is 10.1. The van der Waals surface area contributed by atoms with Crippen LogP contribution in [0.15, 0.2) is 61.1 Å². The molecule has 0 saturated carbocycles. The first-order valence-corrected chi connectivity index (χ1v) is 7.34. The van der Waals surface area contributed by atoms with Crippen LogP contribution in [0, 0.1) is 0 Å². The zero-order valence-corrected chi connectivity index (χ0v) is 13.0. The summed E-state index contributed by atoms with van der Waals surface area (Å²) >= 11 is 0. The fourth-order valence-electron chi connectivity index (χ4n) is 2.09. The number of carbonyl (C=O) groups is 2. The summed E-state index contributed by atoms with van der Waals surface area (Å²) < 4.78 is 0. The topological polar surface area (TPSA) is 123 Å². The Morgan fingerprint density at radius 1 is 0.840 bits per heavy atom. The molecule has 3 rings (SSSR count). The molecule has 25 heavy (non-hydrogen) atoms. The van der Waals surface area contributed by atoms with E-state index in [1.54, 1.807) is 12.1 Å². The number of pyridine rings is 1. The molecule has 0 aliphatic rings. The second-order valence-corrected chi connectivity index (χ2v) is 5.00. The summed E-state index contributed by atoms with van der Waals surface area (Å²) in [6.07, 6.45) is 4.10. The van der Waals surface area contributed by atoms with Gasteiger partial charge in [0.05, 0.1) is 11.9 Å². The molecule has 8 heteroatoms. The van der Waals surface area contributed by atoms with E-state index in [-0.39, 0.29) is 11.4 Å². The van der Waals surface area contributed by atoms with Gasteiger partial charge in [-0.1, -0.05) is 18.2 Å². The van der Waals surface area contributed by atoms with E-state index < -0.39 is 11.8 Å². The molecule has 3 aromatic rings. The van der Waals surface area contributed by atoms with E-state index in [0.29, 0.717) is 11.5 Å². The van der Waals surface area contributed by atoms with Crippen LogP contribution in [0.1, 0.15) is 21.0 Å². The molecule has 1 aromatic carbocycles. The molecule has 0 aliphatic carbocycles. The average molecular weight is 334 g/mol. The molecule has 0 atom stereocenters. The maximum absolute atomic E-state index is 12.3. The molecule has 8 nitrogen and oxygen atoms in total. The first-order chi connectivity index (χ1) is 12.1. The summed E-state index contributed by atoms with van der Waals surface area (Å²) in [4.78, 5) is 35.4. The number of rotatable bonds is 5. The van der Waals surface area contributed by atoms with Crippen molar-refractivity contribution in [3.63, 3.8) is 0 Å². The lowest BCUT2D eigenvalue weighted by Gasteiger charge is -2.08. The molecule has 2 aromatic heterocycles. The summed E-state index contributed by atoms with van der Waals surface area (Å²) in [5.41, 5.74) is 6.22. The molecule has 0 fully saturated rings. The van der Waals surface area contributed by atoms with Crippen LogP contribution in [0.4, 0.5) is 17.2 Å². The standard InChI is InChI=1S/C17H14N6O2/c18-16(24)14-15(20-9-8-19-14)17(25)23-12-6-7-13(21-10-12)22-11-4-2-1-3-5-11/h1-10H,(H2,18,24)(H,21,22)(H,23,25). The zero-order chi connectivity index (χ0) is 17.6. The van der Waals surface area contributed by atoms with Gasteiger partial charge < -0.3 is 16.4 Å². The van der Waals surface area contributed by atoms with Crippen molar-refractivity contribution in [3.8, 4) is 0 Å². The van der Waals surface area contributed by atoms with E-state index in [1.807, 2.05) is 30.3 Å². The van der Waals surface area contributed by atoms with Crippen LogP contribution in [-0.4, -0.2) is 26.8 Å². The van der Waals surface area contributed by atoms with Gasteiger partial charge in [-0.05, 0) is 24.3 Å². The summed E-state index contributed by atoms with van der Waals surface area (Å²) in [6.45, 7) is 0. The average Bonchev–Trinajstić information content (AvgIpc) is 2.64. The van der Waals surface area contributed by atoms with Gasteiger partial charge in [-0.15, -0.1) is 0 Å². The van der Waals surface area contributed by atoms with Crippen molar-refractivity contribution in [3.05, 3.63) is 72.4 Å². The maximum atomic E-state index is 12.3. The summed E-state index contributed by atoms with van der Waals surface area (Å²) in [6, 6.07) is 13.0. The molecule has 0 bridgehead atoms. The first kappa shape index (κ1) is 16.1. The number of para-hydroxylation sites is 1. The number of anilines is 3. The third-order valence-electron chi connectivity index (χ3n) is 3.21. The fraction of sp³-hybridized carbons (Fsp3) is 0. The van der Waals surface area contributed by atoms with E-state index >= 15 is 0 Å². The smallest absolute Gasteiger partial charge is 0.276 e. The van der Waals surface area contributed by atoms with Gasteiger partial charge in [0.2, 0.25) is 0 Å². The number of primary amides is 1. The Bertz CT molecular complexity index is 897. The number of carbonyl (C=O) groups excluding carboxylic acids is 2. The molecular formula is C17H14N6O2. The van der Waals surface area contributed by atoms with Crippen molar-refractivity contribution in [2.24, 2.45) is 5.73 Å². The predicted octanol–water partition coefficient (Wildman–Crippen LogP) is 1.97. The largest absolute Gasteiger partial charge is 0.364 e. The predicted molar refractivity (Wildman–Crippen MR) is 92.5 cm³/mol. The SMILES string of the molecule is NC(=O)c1nccnc1C(=O)Nc1ccc(Nc2ccccc2)nc1. The number of aromatic nitrogens is 3. The Labute approximate surface area is 143 Å². The molecular weight excluding hydrogens is 320 g/mol. The minimum absolute atomic E-state index is 0.138. The molecule has 0 spiro atoms. The van der Waals surface area contributed by atoms with Crippen molar-refractivity contribution in [1.29, 1.82) is 0 Å². The van der Waals surface area contributed by atoms with E-state index in [9.17, 15) is 9.59 Å². The lowest BCUT2D eigenvalue weighted by atomic mass is 10.2. The first-order valence-electron chi connectivity index (χ1n) is 7.34. The van der Waals surface area contributed by atoms with Crippen LogP contribution < -0.4 is 16.4 Å². The third kappa shape index (κ3) is 3.94. The number of nitrogens with zero attached hydrogens (tertiary/aromatic N) is 3. The van der Waals surface area contributed by atoms with Gasteiger partial charge in [0.15, 0.2) is 11.4 Å². The van der Waals surface area contributed by atoms with Gasteiger partial charge in [-0.2, -0.15) is 0 Å². The quantitative estimate of drug-likeness (QED) is 0.655. The summed E-state index contributed by atoms with van der Waals surface area (Å²) in [7, 11) is 0. The molecule has 4 N–H and O–H groups in total. The zero-order valence-electron chi connectivity index (χ0n) is 13.0. The van der Waals surface area contributed by atoms with E-state index in [1.165, 1.54) is 18.6 Å². The lowest BCUT2D eigenvalue weighted by molar-refractivity contribution is 0.0969. The van der Waals surface area contributed by atoms with Crippen LogP contribution in [0.2, 0.25) is 0 Å². The van der Waals surface area contributed by atoms with Crippen molar-refractivity contribution < 1.29 is 9.59 Å². The van der Waals surface area contributed by atoms with Crippen molar-refractivity contribution in [2.75, 3.05) is 10.6 Å². The summed E-state index contributed by atoms with van der Waals surface area (Å²) in [5, 5.41) is 5.74. The molecule has 124 valence electrons. The molecule has 0 unspecified atom stereocenters. The Kier molecular flexibility index (Phi) is 4.61. The second kappa shape index (κ2) is 7.18. The Balaban J connectivity index is 1.71. The van der Waals surface area contributed by atoms with E-state index in [2.05, 4.69) is 25.6 Å². The van der Waals surface area contributed by atoms with Crippen LogP contribution in [0.25, 0.3) is 0 Å². The minimum atomic E-state index is -0.821. The Morgan fingerprint density at radius 2 is 1.56 bits per heavy atom. The molecule has 2 heterocycles. The highest BCUT2D eigenvalue weighted by atomic mass is 16.2. The van der Waals surface area contributed by atoms with Gasteiger partial charge in [0.1, 0.15) is 5.82 Å². The van der Waals surface area contributed by atoms with Crippen molar-refractivity contribution in [2.45, 2.75) is 0 Å². The highest BCUT2D eigenvalue weighted by Gasteiger charge is 2.18. The molecule has 0 aliphatic heterocycles. The van der Waals surface area contributed by atoms with E-state index in [0.717, 1.165) is 5.69 Å². The van der Waals surface area contributed by atoms with Gasteiger partial charge in [-0.3, -0.25) is 9.59 Å². The lowest BCUT2D eigenvalue weighted by Crippen LogP contribution is -2.23. The van der Waals surface area contributed by atoms with Gasteiger partial charge >= 0.3 is 0 Å². The van der Waals surface area contributed by atoms with Gasteiger partial charge in [0, 0.05) is 18.1 Å². The van der Waals surface area contributed by atoms with Crippen molar-refractivity contribution in [1.82, 2.24) is 15.0 Å². The Hall–Kier alpha value is -3.81. The molecule has 0 radical (unpaired) electrons. The monoisotopic (exact) mass is 334 g/mol. The van der Waals surface area contributed by atoms with Gasteiger partial charge in [0.25, 0.3) is 11.8 Å².